The number of aromatic hydroxyl groups is 1. The standard InChI is InChI=1S/C42H44N2O6/c1-28-39(26-44(2)25-38(47)34-12-8-13-36(46)23-34)49-42(50-40(28)31-17-15-29(27-45)16-18-31)33-21-19-30(20-22-33)37-14-7-6-11-35(37)24-43-41(48)32-9-4-3-5-10-32/h3-23,28,38-40,42,45-47H,24-27H2,1-2H3,(H,43,48). The van der Waals surface area contributed by atoms with Crippen LogP contribution in [-0.4, -0.2) is 52.4 Å². The van der Waals surface area contributed by atoms with Gasteiger partial charge in [0.1, 0.15) is 5.75 Å². The lowest BCUT2D eigenvalue weighted by atomic mass is 9.90. The maximum absolute atomic E-state index is 12.7. The van der Waals surface area contributed by atoms with Gasteiger partial charge in [0.05, 0.1) is 24.9 Å². The molecule has 8 nitrogen and oxygen atoms in total. The summed E-state index contributed by atoms with van der Waals surface area (Å²) in [6.45, 7) is 3.38. The zero-order chi connectivity index (χ0) is 35.0. The molecule has 0 aliphatic carbocycles. The van der Waals surface area contributed by atoms with Crippen molar-refractivity contribution in [1.29, 1.82) is 0 Å². The first-order valence-electron chi connectivity index (χ1n) is 17.0. The minimum absolute atomic E-state index is 0.0242. The number of phenolic OH excluding ortho intramolecular Hbond substituents is 1. The summed E-state index contributed by atoms with van der Waals surface area (Å²) in [5, 5.41) is 33.5. The number of aliphatic hydroxyl groups excluding tert-OH is 2. The first-order chi connectivity index (χ1) is 24.3. The van der Waals surface area contributed by atoms with Crippen LogP contribution < -0.4 is 5.32 Å². The largest absolute Gasteiger partial charge is 0.508 e. The van der Waals surface area contributed by atoms with Gasteiger partial charge in [-0.05, 0) is 64.7 Å². The molecule has 0 spiro atoms. The van der Waals surface area contributed by atoms with Crippen molar-refractivity contribution >= 4 is 5.91 Å². The lowest BCUT2D eigenvalue weighted by Crippen LogP contribution is -2.44. The van der Waals surface area contributed by atoms with E-state index in [1.807, 2.05) is 84.7 Å². The number of hydrogen-bond acceptors (Lipinski definition) is 7. The second-order valence-corrected chi connectivity index (χ2v) is 13.0. The summed E-state index contributed by atoms with van der Waals surface area (Å²) < 4.78 is 13.3. The van der Waals surface area contributed by atoms with E-state index in [0.717, 1.165) is 33.4 Å². The van der Waals surface area contributed by atoms with E-state index in [1.165, 1.54) is 0 Å². The molecule has 1 fully saturated rings. The lowest BCUT2D eigenvalue weighted by molar-refractivity contribution is -0.276. The fourth-order valence-electron chi connectivity index (χ4n) is 6.49. The smallest absolute Gasteiger partial charge is 0.251 e. The Morgan fingerprint density at radius 2 is 1.54 bits per heavy atom. The van der Waals surface area contributed by atoms with E-state index in [0.29, 0.717) is 30.8 Å². The fraction of sp³-hybridized carbons (Fsp3) is 0.262. The summed E-state index contributed by atoms with van der Waals surface area (Å²) in [6.07, 6.45) is -1.92. The zero-order valence-electron chi connectivity index (χ0n) is 28.4. The van der Waals surface area contributed by atoms with Crippen molar-refractivity contribution in [2.45, 2.75) is 44.7 Å². The molecule has 5 unspecified atom stereocenters. The Morgan fingerprint density at radius 3 is 2.26 bits per heavy atom. The van der Waals surface area contributed by atoms with Crippen molar-refractivity contribution in [3.63, 3.8) is 0 Å². The van der Waals surface area contributed by atoms with Crippen LogP contribution in [0.2, 0.25) is 0 Å². The van der Waals surface area contributed by atoms with Gasteiger partial charge in [-0.2, -0.15) is 0 Å². The van der Waals surface area contributed by atoms with E-state index in [2.05, 4.69) is 30.4 Å². The second kappa shape index (κ2) is 16.3. The summed E-state index contributed by atoms with van der Waals surface area (Å²) in [5.41, 5.74) is 7.02. The summed E-state index contributed by atoms with van der Waals surface area (Å²) in [5.74, 6) is -0.0251. The van der Waals surface area contributed by atoms with Crippen molar-refractivity contribution in [2.75, 3.05) is 20.1 Å². The Morgan fingerprint density at radius 1 is 0.840 bits per heavy atom. The summed E-state index contributed by atoms with van der Waals surface area (Å²) in [4.78, 5) is 14.8. The predicted molar refractivity (Wildman–Crippen MR) is 193 cm³/mol. The molecule has 5 aromatic rings. The Balaban J connectivity index is 1.20. The molecule has 1 saturated heterocycles. The van der Waals surface area contributed by atoms with Crippen LogP contribution in [-0.2, 0) is 22.6 Å². The number of phenols is 1. The molecule has 1 aliphatic rings. The minimum Gasteiger partial charge on any atom is -0.508 e. The van der Waals surface area contributed by atoms with Gasteiger partial charge in [0, 0.05) is 36.7 Å². The molecule has 258 valence electrons. The number of amides is 1. The average molecular weight is 673 g/mol. The van der Waals surface area contributed by atoms with Crippen molar-refractivity contribution < 1.29 is 29.6 Å². The maximum Gasteiger partial charge on any atom is 0.251 e. The molecule has 5 atom stereocenters. The van der Waals surface area contributed by atoms with Crippen molar-refractivity contribution in [3.05, 3.63) is 161 Å². The monoisotopic (exact) mass is 672 g/mol. The number of rotatable bonds is 12. The molecule has 0 bridgehead atoms. The van der Waals surface area contributed by atoms with Crippen LogP contribution in [0.4, 0.5) is 0 Å². The first-order valence-corrected chi connectivity index (χ1v) is 17.0. The van der Waals surface area contributed by atoms with Gasteiger partial charge < -0.3 is 35.0 Å². The van der Waals surface area contributed by atoms with Crippen molar-refractivity contribution in [2.24, 2.45) is 5.92 Å². The van der Waals surface area contributed by atoms with Gasteiger partial charge in [-0.3, -0.25) is 4.79 Å². The van der Waals surface area contributed by atoms with Gasteiger partial charge in [0.25, 0.3) is 5.91 Å². The van der Waals surface area contributed by atoms with Gasteiger partial charge >= 0.3 is 0 Å². The van der Waals surface area contributed by atoms with Gasteiger partial charge in [-0.25, -0.2) is 0 Å². The van der Waals surface area contributed by atoms with E-state index in [-0.39, 0.29) is 36.4 Å². The topological polar surface area (TPSA) is 111 Å². The van der Waals surface area contributed by atoms with Gasteiger partial charge in [-0.1, -0.05) is 110 Å². The summed E-state index contributed by atoms with van der Waals surface area (Å²) in [6, 6.07) is 39.9. The highest BCUT2D eigenvalue weighted by Crippen LogP contribution is 2.42. The summed E-state index contributed by atoms with van der Waals surface area (Å²) in [7, 11) is 1.95. The molecular formula is C42H44N2O6. The van der Waals surface area contributed by atoms with E-state index >= 15 is 0 Å². The Kier molecular flexibility index (Phi) is 11.4. The molecule has 0 radical (unpaired) electrons. The third-order valence-corrected chi connectivity index (χ3v) is 9.34. The SMILES string of the molecule is CC1C(CN(C)CC(O)c2cccc(O)c2)OC(c2ccc(-c3ccccc3CNC(=O)c3ccccc3)cc2)OC1c1ccc(CO)cc1. The first kappa shape index (κ1) is 35.0. The predicted octanol–water partition coefficient (Wildman–Crippen LogP) is 6.94. The number of likely N-dealkylation sites (N-methyl/N-ethyl adjacent to an activating group) is 1. The van der Waals surface area contributed by atoms with Crippen LogP contribution in [0, 0.1) is 5.92 Å². The third kappa shape index (κ3) is 8.48. The Hall–Kier alpha value is -4.83. The number of benzene rings is 5. The number of ether oxygens (including phenoxy) is 2. The molecule has 8 heteroatoms. The Bertz CT molecular complexity index is 1850. The molecule has 50 heavy (non-hydrogen) atoms. The lowest BCUT2D eigenvalue weighted by Gasteiger charge is -2.42. The van der Waals surface area contributed by atoms with Crippen LogP contribution in [0.25, 0.3) is 11.1 Å². The van der Waals surface area contributed by atoms with Gasteiger partial charge in [-0.15, -0.1) is 0 Å². The van der Waals surface area contributed by atoms with E-state index < -0.39 is 12.4 Å². The Labute approximate surface area is 293 Å². The summed E-state index contributed by atoms with van der Waals surface area (Å²) >= 11 is 0. The van der Waals surface area contributed by atoms with Crippen LogP contribution in [0.1, 0.15) is 63.6 Å². The van der Waals surface area contributed by atoms with Gasteiger partial charge in [0.15, 0.2) is 6.29 Å². The number of carbonyl (C=O) groups is 1. The number of nitrogens with one attached hydrogen (secondary N) is 1. The van der Waals surface area contributed by atoms with Crippen LogP contribution in [0.5, 0.6) is 5.75 Å². The molecule has 1 heterocycles. The number of nitrogens with zero attached hydrogens (tertiary/aromatic N) is 1. The highest BCUT2D eigenvalue weighted by atomic mass is 16.7. The molecule has 6 rings (SSSR count). The van der Waals surface area contributed by atoms with Crippen molar-refractivity contribution in [1.82, 2.24) is 10.2 Å². The molecule has 5 aromatic carbocycles. The molecule has 1 amide bonds. The van der Waals surface area contributed by atoms with Crippen molar-refractivity contribution in [3.8, 4) is 16.9 Å². The quantitative estimate of drug-likeness (QED) is 0.114. The molecule has 0 aromatic heterocycles. The van der Waals surface area contributed by atoms with E-state index in [9.17, 15) is 20.1 Å². The van der Waals surface area contributed by atoms with Gasteiger partial charge in [0.2, 0.25) is 0 Å². The number of hydrogen-bond donors (Lipinski definition) is 4. The zero-order valence-corrected chi connectivity index (χ0v) is 28.4. The molecular weight excluding hydrogens is 628 g/mol. The second-order valence-electron chi connectivity index (χ2n) is 13.0. The number of carbonyl (C=O) groups excluding carboxylic acids is 1. The molecule has 0 saturated carbocycles. The fourth-order valence-corrected chi connectivity index (χ4v) is 6.49. The highest BCUT2D eigenvalue weighted by Gasteiger charge is 2.39. The van der Waals surface area contributed by atoms with Crippen LogP contribution in [0.3, 0.4) is 0 Å². The van der Waals surface area contributed by atoms with E-state index in [1.54, 1.807) is 36.4 Å². The number of aliphatic hydroxyl groups is 2. The molecule has 4 N–H and O–H groups in total. The average Bonchev–Trinajstić information content (AvgIpc) is 3.15. The minimum atomic E-state index is -0.776. The van der Waals surface area contributed by atoms with Crippen LogP contribution in [0.15, 0.2) is 127 Å². The molecule has 1 aliphatic heterocycles. The maximum atomic E-state index is 12.7. The third-order valence-electron chi connectivity index (χ3n) is 9.34. The van der Waals surface area contributed by atoms with Crippen LogP contribution >= 0.6 is 0 Å². The normalized spacial score (nSPS) is 19.6. The van der Waals surface area contributed by atoms with E-state index in [4.69, 9.17) is 9.47 Å². The highest BCUT2D eigenvalue weighted by molar-refractivity contribution is 5.94.